The minimum Gasteiger partial charge on any atom is -0.462 e. The normalized spacial score (nSPS) is 11.3. The molecule has 0 aliphatic rings. The second kappa shape index (κ2) is 10.1. The molecular weight excluding hydrogens is 510 g/mol. The van der Waals surface area contributed by atoms with Gasteiger partial charge in [0.1, 0.15) is 11.1 Å². The van der Waals surface area contributed by atoms with Crippen LogP contribution in [0.2, 0.25) is 0 Å². The molecule has 0 spiro atoms. The highest BCUT2D eigenvalue weighted by Crippen LogP contribution is 2.26. The lowest BCUT2D eigenvalue weighted by Gasteiger charge is -2.09. The highest BCUT2D eigenvalue weighted by atomic mass is 16.5. The number of carbonyl (C=O) groups excluding carboxylic acids is 2. The Bertz CT molecular complexity index is 1900. The summed E-state index contributed by atoms with van der Waals surface area (Å²) in [6, 6.07) is 11.0. The average molecular weight is 536 g/mol. The number of benzene rings is 1. The summed E-state index contributed by atoms with van der Waals surface area (Å²) in [5.74, 6) is -0.830. The van der Waals surface area contributed by atoms with E-state index in [1.807, 2.05) is 49.0 Å². The van der Waals surface area contributed by atoms with E-state index < -0.39 is 5.97 Å². The first kappa shape index (κ1) is 24.9. The maximum atomic E-state index is 13.4. The van der Waals surface area contributed by atoms with Gasteiger partial charge in [0, 0.05) is 41.9 Å². The number of rotatable bonds is 7. The predicted molar refractivity (Wildman–Crippen MR) is 147 cm³/mol. The van der Waals surface area contributed by atoms with E-state index in [4.69, 9.17) is 4.74 Å². The first-order valence-corrected chi connectivity index (χ1v) is 12.8. The zero-order valence-corrected chi connectivity index (χ0v) is 22.1. The Hall–Kier alpha value is -5.39. The van der Waals surface area contributed by atoms with Crippen molar-refractivity contribution in [1.29, 1.82) is 0 Å². The summed E-state index contributed by atoms with van der Waals surface area (Å²) in [6.45, 7) is 6.71. The Morgan fingerprint density at radius 1 is 0.925 bits per heavy atom. The quantitative estimate of drug-likeness (QED) is 0.303. The fraction of sp³-hybridized carbons (Fsp3) is 0.179. The van der Waals surface area contributed by atoms with Crippen molar-refractivity contribution in [1.82, 2.24) is 39.0 Å². The SMILES string of the molecule is CCOC(=O)c1cnn2c(-c3cccc(NC(=O)c4cnn5c(-c6cn(CC)nc6C)ccnc45)c3)ccnc12. The molecule has 0 aliphatic heterocycles. The molecule has 0 saturated heterocycles. The van der Waals surface area contributed by atoms with E-state index in [-0.39, 0.29) is 18.1 Å². The molecule has 12 nitrogen and oxygen atoms in total. The molecular formula is C28H25N9O3. The number of nitrogens with zero attached hydrogens (tertiary/aromatic N) is 8. The standard InChI is InChI=1S/C28H25N9O3/c1-4-35-16-22(17(3)34-35)24-10-12-29-25-20(14-31-37(24)25)27(38)33-19-8-6-7-18(13-19)23-9-11-30-26-21(15-32-36(23)26)28(39)40-5-2/h6-16H,4-5H2,1-3H3,(H,33,38). The van der Waals surface area contributed by atoms with Gasteiger partial charge in [0.05, 0.1) is 36.1 Å². The van der Waals surface area contributed by atoms with Crippen LogP contribution in [0.4, 0.5) is 5.69 Å². The van der Waals surface area contributed by atoms with E-state index >= 15 is 0 Å². The van der Waals surface area contributed by atoms with Gasteiger partial charge in [0.2, 0.25) is 0 Å². The minimum absolute atomic E-state index is 0.254. The van der Waals surface area contributed by atoms with Gasteiger partial charge in [-0.1, -0.05) is 12.1 Å². The van der Waals surface area contributed by atoms with Gasteiger partial charge in [-0.2, -0.15) is 15.3 Å². The molecule has 0 bridgehead atoms. The number of hydrogen-bond acceptors (Lipinski definition) is 8. The Morgan fingerprint density at radius 3 is 2.35 bits per heavy atom. The van der Waals surface area contributed by atoms with Crippen molar-refractivity contribution in [3.05, 3.63) is 84.2 Å². The number of anilines is 1. The molecule has 12 heteroatoms. The number of fused-ring (bicyclic) bond motifs is 2. The number of hydrogen-bond donors (Lipinski definition) is 1. The summed E-state index contributed by atoms with van der Waals surface area (Å²) in [5.41, 5.74) is 6.07. The number of carbonyl (C=O) groups is 2. The van der Waals surface area contributed by atoms with Crippen LogP contribution in [-0.2, 0) is 11.3 Å². The molecule has 5 aromatic heterocycles. The number of esters is 1. The van der Waals surface area contributed by atoms with E-state index in [1.54, 1.807) is 40.5 Å². The molecule has 1 amide bonds. The first-order chi connectivity index (χ1) is 19.5. The van der Waals surface area contributed by atoms with Crippen LogP contribution in [0.3, 0.4) is 0 Å². The van der Waals surface area contributed by atoms with Crippen LogP contribution >= 0.6 is 0 Å². The van der Waals surface area contributed by atoms with Crippen LogP contribution in [0.15, 0.2) is 67.4 Å². The smallest absolute Gasteiger partial charge is 0.343 e. The van der Waals surface area contributed by atoms with Gasteiger partial charge < -0.3 is 10.1 Å². The van der Waals surface area contributed by atoms with Gasteiger partial charge >= 0.3 is 5.97 Å². The molecule has 1 N–H and O–H groups in total. The summed E-state index contributed by atoms with van der Waals surface area (Å²) in [6.07, 6.45) is 8.18. The Balaban J connectivity index is 1.31. The number of ether oxygens (including phenoxy) is 1. The number of aromatic nitrogens is 8. The van der Waals surface area contributed by atoms with Gasteiger partial charge in [-0.3, -0.25) is 9.48 Å². The van der Waals surface area contributed by atoms with Crippen molar-refractivity contribution < 1.29 is 14.3 Å². The third-order valence-corrected chi connectivity index (χ3v) is 6.50. The molecule has 0 saturated carbocycles. The third-order valence-electron chi connectivity index (χ3n) is 6.50. The van der Waals surface area contributed by atoms with Crippen molar-refractivity contribution >= 4 is 28.9 Å². The zero-order valence-electron chi connectivity index (χ0n) is 22.1. The largest absolute Gasteiger partial charge is 0.462 e. The molecule has 0 unspecified atom stereocenters. The lowest BCUT2D eigenvalue weighted by atomic mass is 10.1. The fourth-order valence-electron chi connectivity index (χ4n) is 4.60. The average Bonchev–Trinajstić information content (AvgIpc) is 3.69. The van der Waals surface area contributed by atoms with Crippen molar-refractivity contribution in [3.63, 3.8) is 0 Å². The fourth-order valence-corrected chi connectivity index (χ4v) is 4.60. The third kappa shape index (κ3) is 4.25. The van der Waals surface area contributed by atoms with Gasteiger partial charge in [0.25, 0.3) is 5.91 Å². The molecule has 6 aromatic rings. The van der Waals surface area contributed by atoms with Gasteiger partial charge in [0.15, 0.2) is 11.3 Å². The zero-order chi connectivity index (χ0) is 27.8. The van der Waals surface area contributed by atoms with E-state index in [2.05, 4.69) is 30.6 Å². The van der Waals surface area contributed by atoms with Gasteiger partial charge in [-0.25, -0.2) is 23.8 Å². The molecule has 40 heavy (non-hydrogen) atoms. The molecule has 0 atom stereocenters. The maximum absolute atomic E-state index is 13.4. The minimum atomic E-state index is -0.484. The summed E-state index contributed by atoms with van der Waals surface area (Å²) in [7, 11) is 0. The van der Waals surface area contributed by atoms with Crippen LogP contribution in [-0.4, -0.2) is 57.5 Å². The van der Waals surface area contributed by atoms with Crippen molar-refractivity contribution in [3.8, 4) is 22.5 Å². The summed E-state index contributed by atoms with van der Waals surface area (Å²) < 4.78 is 10.2. The van der Waals surface area contributed by atoms with Crippen LogP contribution in [0.1, 0.15) is 40.3 Å². The Morgan fingerprint density at radius 2 is 1.62 bits per heavy atom. The van der Waals surface area contributed by atoms with E-state index in [9.17, 15) is 9.59 Å². The monoisotopic (exact) mass is 535 g/mol. The second-order valence-corrected chi connectivity index (χ2v) is 8.99. The van der Waals surface area contributed by atoms with E-state index in [0.717, 1.165) is 29.1 Å². The number of aryl methyl sites for hydroxylation is 2. The Labute approximate surface area is 228 Å². The predicted octanol–water partition coefficient (Wildman–Crippen LogP) is 4.06. The molecule has 1 aromatic carbocycles. The van der Waals surface area contributed by atoms with Crippen LogP contribution in [0.5, 0.6) is 0 Å². The molecule has 0 aliphatic carbocycles. The van der Waals surface area contributed by atoms with Crippen LogP contribution in [0, 0.1) is 6.92 Å². The lowest BCUT2D eigenvalue weighted by molar-refractivity contribution is 0.0528. The van der Waals surface area contributed by atoms with Crippen molar-refractivity contribution in [2.45, 2.75) is 27.3 Å². The highest BCUT2D eigenvalue weighted by Gasteiger charge is 2.20. The van der Waals surface area contributed by atoms with Crippen LogP contribution in [0.25, 0.3) is 33.8 Å². The van der Waals surface area contributed by atoms with Crippen molar-refractivity contribution in [2.75, 3.05) is 11.9 Å². The van der Waals surface area contributed by atoms with E-state index in [0.29, 0.717) is 28.2 Å². The highest BCUT2D eigenvalue weighted by molar-refractivity contribution is 6.08. The molecule has 200 valence electrons. The summed E-state index contributed by atoms with van der Waals surface area (Å²) in [5, 5.41) is 16.3. The summed E-state index contributed by atoms with van der Waals surface area (Å²) >= 11 is 0. The topological polar surface area (TPSA) is 134 Å². The number of amides is 1. The van der Waals surface area contributed by atoms with E-state index in [1.165, 1.54) is 12.4 Å². The summed E-state index contributed by atoms with van der Waals surface area (Å²) in [4.78, 5) is 34.4. The molecule has 0 fully saturated rings. The molecule has 0 radical (unpaired) electrons. The molecule has 5 heterocycles. The molecule has 6 rings (SSSR count). The van der Waals surface area contributed by atoms with Gasteiger partial charge in [-0.05, 0) is 45.0 Å². The second-order valence-electron chi connectivity index (χ2n) is 8.99. The van der Waals surface area contributed by atoms with Crippen molar-refractivity contribution in [2.24, 2.45) is 0 Å². The number of nitrogens with one attached hydrogen (secondary N) is 1. The first-order valence-electron chi connectivity index (χ1n) is 12.8. The van der Waals surface area contributed by atoms with Gasteiger partial charge in [-0.15, -0.1) is 0 Å². The lowest BCUT2D eigenvalue weighted by Crippen LogP contribution is -2.12. The van der Waals surface area contributed by atoms with Crippen LogP contribution < -0.4 is 5.32 Å². The maximum Gasteiger partial charge on any atom is 0.343 e. The Kier molecular flexibility index (Phi) is 6.27.